The maximum Gasteiger partial charge on any atom is 0.166 e. The minimum absolute atomic E-state index is 0.0686. The summed E-state index contributed by atoms with van der Waals surface area (Å²) in [6, 6.07) is 11.5. The van der Waals surface area contributed by atoms with Crippen molar-refractivity contribution < 1.29 is 18.2 Å². The predicted molar refractivity (Wildman–Crippen MR) is 128 cm³/mol. The number of piperidine rings is 1. The summed E-state index contributed by atoms with van der Waals surface area (Å²) < 4.78 is 23.3. The highest BCUT2D eigenvalue weighted by Crippen LogP contribution is 2.39. The number of likely N-dealkylation sites (tertiary alicyclic amines) is 1. The van der Waals surface area contributed by atoms with Crippen molar-refractivity contribution in [2.45, 2.75) is 51.0 Å². The summed E-state index contributed by atoms with van der Waals surface area (Å²) in [6.45, 7) is 6.98. The molecule has 2 aliphatic rings. The third-order valence-electron chi connectivity index (χ3n) is 6.46. The molecule has 2 aromatic rings. The molecule has 0 bridgehead atoms. The molecule has 174 valence electrons. The van der Waals surface area contributed by atoms with E-state index in [0.29, 0.717) is 22.3 Å². The number of Topliss-reactive ketones (excluding diaryl/α,β-unsaturated/α-hetero) is 1. The molecule has 1 fully saturated rings. The molecule has 1 atom stereocenters. The van der Waals surface area contributed by atoms with Crippen molar-refractivity contribution in [2.75, 3.05) is 27.3 Å². The fraction of sp³-hybridized carbons (Fsp3) is 0.500. The number of halogens is 1. The third kappa shape index (κ3) is 5.65. The van der Waals surface area contributed by atoms with E-state index in [1.54, 1.807) is 14.2 Å². The van der Waals surface area contributed by atoms with Gasteiger partial charge < -0.3 is 9.47 Å². The number of hydrogen-bond donors (Lipinski definition) is 0. The Bertz CT molecular complexity index is 895. The monoisotopic (exact) mass is 459 g/mol. The predicted octanol–water partition coefficient (Wildman–Crippen LogP) is 6.36. The molecular weight excluding hydrogens is 425 g/mol. The van der Waals surface area contributed by atoms with E-state index in [-0.39, 0.29) is 23.8 Å². The highest BCUT2D eigenvalue weighted by molar-refractivity contribution is 7.94. The Morgan fingerprint density at radius 1 is 1.03 bits per heavy atom. The minimum Gasteiger partial charge on any atom is -0.493 e. The molecular formula is C26H34FNO3S. The molecule has 1 unspecified atom stereocenters. The average Bonchev–Trinajstić information content (AvgIpc) is 3.15. The second kappa shape index (κ2) is 11.7. The zero-order valence-electron chi connectivity index (χ0n) is 19.5. The molecule has 2 aromatic carbocycles. The first-order chi connectivity index (χ1) is 15.6. The van der Waals surface area contributed by atoms with E-state index in [2.05, 4.69) is 4.90 Å². The van der Waals surface area contributed by atoms with Gasteiger partial charge >= 0.3 is 0 Å². The van der Waals surface area contributed by atoms with Crippen LogP contribution in [-0.4, -0.2) is 38.0 Å². The first-order valence-corrected chi connectivity index (χ1v) is 12.2. The molecule has 1 heterocycles. The topological polar surface area (TPSA) is 38.8 Å². The Labute approximate surface area is 195 Å². The number of methoxy groups -OCH3 is 2. The summed E-state index contributed by atoms with van der Waals surface area (Å²) >= 11 is 0.283. The van der Waals surface area contributed by atoms with Gasteiger partial charge in [0.1, 0.15) is 0 Å². The number of hydrogen-bond acceptors (Lipinski definition) is 5. The van der Waals surface area contributed by atoms with Gasteiger partial charge in [0.15, 0.2) is 17.3 Å². The molecule has 0 radical (unpaired) electrons. The highest BCUT2D eigenvalue weighted by atomic mass is 32.2. The van der Waals surface area contributed by atoms with Crippen LogP contribution in [0.2, 0.25) is 0 Å². The largest absolute Gasteiger partial charge is 0.493 e. The fourth-order valence-corrected chi connectivity index (χ4v) is 5.01. The highest BCUT2D eigenvalue weighted by Gasteiger charge is 2.34. The molecule has 4 nitrogen and oxygen atoms in total. The number of carbonyl (C=O) groups is 1. The van der Waals surface area contributed by atoms with Crippen molar-refractivity contribution in [3.63, 3.8) is 0 Å². The molecule has 1 saturated heterocycles. The quantitative estimate of drug-likeness (QED) is 0.481. The molecule has 1 aliphatic carbocycles. The number of ketones is 1. The Morgan fingerprint density at radius 3 is 2.25 bits per heavy atom. The van der Waals surface area contributed by atoms with E-state index in [0.717, 1.165) is 56.4 Å². The number of ether oxygens (including phenoxy) is 2. The third-order valence-corrected chi connectivity index (χ3v) is 6.91. The Kier molecular flexibility index (Phi) is 9.00. The van der Waals surface area contributed by atoms with Crippen LogP contribution in [0.25, 0.3) is 0 Å². The van der Waals surface area contributed by atoms with E-state index >= 15 is 0 Å². The Balaban J connectivity index is 0.00000141. The van der Waals surface area contributed by atoms with Crippen LogP contribution in [0, 0.1) is 11.8 Å². The van der Waals surface area contributed by atoms with Crippen LogP contribution in [0.5, 0.6) is 11.5 Å². The smallest absolute Gasteiger partial charge is 0.166 e. The van der Waals surface area contributed by atoms with Crippen LogP contribution in [0.1, 0.15) is 54.6 Å². The molecule has 4 rings (SSSR count). The van der Waals surface area contributed by atoms with Crippen molar-refractivity contribution in [1.29, 1.82) is 0 Å². The SMILES string of the molecule is CC.COc1cc2c(cc1OC)C(=O)C(CC1CCN(Cc3ccc(SF)cc3)CC1)C2. The fourth-order valence-electron chi connectivity index (χ4n) is 4.77. The molecule has 0 spiro atoms. The van der Waals surface area contributed by atoms with E-state index in [1.807, 2.05) is 50.2 Å². The summed E-state index contributed by atoms with van der Waals surface area (Å²) in [6.07, 6.45) is 3.98. The normalized spacial score (nSPS) is 18.7. The van der Waals surface area contributed by atoms with Crippen LogP contribution >= 0.6 is 12.1 Å². The number of carbonyl (C=O) groups excluding carboxylic acids is 1. The number of rotatable bonds is 7. The van der Waals surface area contributed by atoms with Crippen LogP contribution in [0.3, 0.4) is 0 Å². The lowest BCUT2D eigenvalue weighted by Crippen LogP contribution is -2.34. The van der Waals surface area contributed by atoms with Gasteiger partial charge in [0.05, 0.1) is 26.4 Å². The maximum atomic E-state index is 13.0. The maximum absolute atomic E-state index is 13.0. The lowest BCUT2D eigenvalue weighted by atomic mass is 9.85. The van der Waals surface area contributed by atoms with Gasteiger partial charge in [0.25, 0.3) is 0 Å². The average molecular weight is 460 g/mol. The summed E-state index contributed by atoms with van der Waals surface area (Å²) in [5.41, 5.74) is 3.09. The molecule has 6 heteroatoms. The molecule has 0 N–H and O–H groups in total. The molecule has 32 heavy (non-hydrogen) atoms. The second-order valence-corrected chi connectivity index (χ2v) is 8.93. The molecule has 1 aliphatic heterocycles. The van der Waals surface area contributed by atoms with Crippen molar-refractivity contribution in [3.05, 3.63) is 53.1 Å². The van der Waals surface area contributed by atoms with Gasteiger partial charge in [0, 0.05) is 22.9 Å². The lowest BCUT2D eigenvalue weighted by Gasteiger charge is -2.33. The van der Waals surface area contributed by atoms with Crippen molar-refractivity contribution in [2.24, 2.45) is 11.8 Å². The van der Waals surface area contributed by atoms with Gasteiger partial charge in [-0.2, -0.15) is 3.89 Å². The molecule has 0 aromatic heterocycles. The number of benzene rings is 2. The first kappa shape index (κ1) is 24.6. The van der Waals surface area contributed by atoms with Crippen LogP contribution in [-0.2, 0) is 13.0 Å². The lowest BCUT2D eigenvalue weighted by molar-refractivity contribution is 0.0895. The van der Waals surface area contributed by atoms with Crippen molar-refractivity contribution >= 4 is 17.9 Å². The van der Waals surface area contributed by atoms with Gasteiger partial charge in [-0.25, -0.2) is 0 Å². The Morgan fingerprint density at radius 2 is 1.66 bits per heavy atom. The number of fused-ring (bicyclic) bond motifs is 1. The van der Waals surface area contributed by atoms with Gasteiger partial charge in [-0.05, 0) is 80.1 Å². The molecule has 0 saturated carbocycles. The van der Waals surface area contributed by atoms with Gasteiger partial charge in [-0.3, -0.25) is 9.69 Å². The standard InChI is InChI=1S/C24H28FNO3S.C2H6/c1-28-22-13-18-12-19(24(27)21(18)14-23(22)29-2)11-16-7-9-26(10-8-16)15-17-3-5-20(30-25)6-4-17;1-2/h3-6,13-14,16,19H,7-12,15H2,1-2H3;1-2H3. The van der Waals surface area contributed by atoms with Gasteiger partial charge in [0.2, 0.25) is 0 Å². The summed E-state index contributed by atoms with van der Waals surface area (Å²) in [5.74, 6) is 2.21. The summed E-state index contributed by atoms with van der Waals surface area (Å²) in [7, 11) is 3.23. The van der Waals surface area contributed by atoms with Crippen LogP contribution in [0.15, 0.2) is 41.3 Å². The van der Waals surface area contributed by atoms with E-state index in [4.69, 9.17) is 9.47 Å². The Hall–Kier alpha value is -2.05. The summed E-state index contributed by atoms with van der Waals surface area (Å²) in [5, 5.41) is 0. The zero-order valence-corrected chi connectivity index (χ0v) is 20.3. The van der Waals surface area contributed by atoms with Gasteiger partial charge in [-0.1, -0.05) is 26.0 Å². The van der Waals surface area contributed by atoms with E-state index < -0.39 is 0 Å². The van der Waals surface area contributed by atoms with Gasteiger partial charge in [-0.15, -0.1) is 0 Å². The van der Waals surface area contributed by atoms with Crippen molar-refractivity contribution in [3.8, 4) is 11.5 Å². The van der Waals surface area contributed by atoms with Crippen LogP contribution in [0.4, 0.5) is 3.89 Å². The zero-order chi connectivity index (χ0) is 23.1. The molecule has 0 amide bonds. The minimum atomic E-state index is 0.0686. The second-order valence-electron chi connectivity index (χ2n) is 8.31. The summed E-state index contributed by atoms with van der Waals surface area (Å²) in [4.78, 5) is 16.1. The van der Waals surface area contributed by atoms with Crippen molar-refractivity contribution in [1.82, 2.24) is 4.90 Å². The number of nitrogens with zero attached hydrogens (tertiary/aromatic N) is 1. The van der Waals surface area contributed by atoms with Crippen LogP contribution < -0.4 is 9.47 Å². The van der Waals surface area contributed by atoms with E-state index in [1.165, 1.54) is 5.56 Å². The van der Waals surface area contributed by atoms with E-state index in [9.17, 15) is 8.68 Å². The first-order valence-electron chi connectivity index (χ1n) is 11.5.